The molecule has 0 atom stereocenters. The van der Waals surface area contributed by atoms with Crippen LogP contribution in [0.4, 0.5) is 17.1 Å². The largest absolute Gasteiger partial charge is 0.378 e. The zero-order valence-electron chi connectivity index (χ0n) is 15.5. The van der Waals surface area contributed by atoms with Crippen LogP contribution >= 0.6 is 0 Å². The molecule has 0 aliphatic carbocycles. The second-order valence-electron chi connectivity index (χ2n) is 6.26. The standard InChI is InChI=1S/C19H23N3O4S/c1-14(23)20-15-6-10-18(11-7-15)27(25,26)13-12-19(24)21-16-4-8-17(9-5-16)22(2)3/h4-11H,12-13H2,1-3H3,(H,20,23)(H,21,24). The topological polar surface area (TPSA) is 95.6 Å². The van der Waals surface area contributed by atoms with Gasteiger partial charge in [-0.1, -0.05) is 0 Å². The molecule has 0 radical (unpaired) electrons. The first-order chi connectivity index (χ1) is 12.7. The molecule has 144 valence electrons. The minimum Gasteiger partial charge on any atom is -0.378 e. The van der Waals surface area contributed by atoms with E-state index in [9.17, 15) is 18.0 Å². The maximum absolute atomic E-state index is 12.4. The predicted octanol–water partition coefficient (Wildman–Crippen LogP) is 2.51. The number of anilines is 3. The molecule has 7 nitrogen and oxygen atoms in total. The Hall–Kier alpha value is -2.87. The molecule has 0 aromatic heterocycles. The molecule has 0 unspecified atom stereocenters. The van der Waals surface area contributed by atoms with E-state index in [0.717, 1.165) is 5.69 Å². The first-order valence-corrected chi connectivity index (χ1v) is 10.0. The molecule has 0 aliphatic heterocycles. The summed E-state index contributed by atoms with van der Waals surface area (Å²) in [6.07, 6.45) is -0.148. The molecule has 2 aromatic carbocycles. The van der Waals surface area contributed by atoms with Crippen LogP contribution in [0.2, 0.25) is 0 Å². The van der Waals surface area contributed by atoms with Crippen LogP contribution in [0.25, 0.3) is 0 Å². The van der Waals surface area contributed by atoms with Gasteiger partial charge in [-0.3, -0.25) is 9.59 Å². The van der Waals surface area contributed by atoms with Gasteiger partial charge in [0.25, 0.3) is 0 Å². The molecule has 0 fully saturated rings. The van der Waals surface area contributed by atoms with Gasteiger partial charge in [-0.25, -0.2) is 8.42 Å². The first-order valence-electron chi connectivity index (χ1n) is 8.35. The number of benzene rings is 2. The fourth-order valence-corrected chi connectivity index (χ4v) is 3.60. The Morgan fingerprint density at radius 1 is 0.889 bits per heavy atom. The van der Waals surface area contributed by atoms with E-state index in [2.05, 4.69) is 10.6 Å². The Kier molecular flexibility index (Phi) is 6.57. The molecule has 0 spiro atoms. The van der Waals surface area contributed by atoms with E-state index in [-0.39, 0.29) is 28.9 Å². The lowest BCUT2D eigenvalue weighted by Crippen LogP contribution is -2.17. The second-order valence-corrected chi connectivity index (χ2v) is 8.37. The number of amides is 2. The van der Waals surface area contributed by atoms with Crippen LogP contribution in [-0.4, -0.2) is 40.1 Å². The van der Waals surface area contributed by atoms with Gasteiger partial charge in [0, 0.05) is 44.5 Å². The van der Waals surface area contributed by atoms with Crippen LogP contribution in [0.3, 0.4) is 0 Å². The van der Waals surface area contributed by atoms with Crippen molar-refractivity contribution in [1.82, 2.24) is 0 Å². The number of hydrogen-bond donors (Lipinski definition) is 2. The second kappa shape index (κ2) is 8.68. The number of carbonyl (C=O) groups excluding carboxylic acids is 2. The number of hydrogen-bond acceptors (Lipinski definition) is 5. The molecule has 0 saturated heterocycles. The Bertz CT molecular complexity index is 905. The highest BCUT2D eigenvalue weighted by molar-refractivity contribution is 7.91. The number of sulfone groups is 1. The Morgan fingerprint density at radius 2 is 1.41 bits per heavy atom. The SMILES string of the molecule is CC(=O)Nc1ccc(S(=O)(=O)CCC(=O)Nc2ccc(N(C)C)cc2)cc1. The minimum absolute atomic E-state index is 0.111. The van der Waals surface area contributed by atoms with Crippen molar-refractivity contribution in [2.45, 2.75) is 18.2 Å². The molecule has 27 heavy (non-hydrogen) atoms. The number of rotatable bonds is 7. The normalized spacial score (nSPS) is 10.9. The monoisotopic (exact) mass is 389 g/mol. The maximum atomic E-state index is 12.4. The van der Waals surface area contributed by atoms with E-state index in [0.29, 0.717) is 11.4 Å². The lowest BCUT2D eigenvalue weighted by atomic mass is 10.2. The quantitative estimate of drug-likeness (QED) is 0.759. The van der Waals surface area contributed by atoms with Crippen molar-refractivity contribution in [1.29, 1.82) is 0 Å². The average Bonchev–Trinajstić information content (AvgIpc) is 2.60. The van der Waals surface area contributed by atoms with Gasteiger partial charge in [0.05, 0.1) is 10.6 Å². The van der Waals surface area contributed by atoms with E-state index in [1.165, 1.54) is 31.2 Å². The van der Waals surface area contributed by atoms with Crippen LogP contribution in [0, 0.1) is 0 Å². The third-order valence-electron chi connectivity index (χ3n) is 3.80. The van der Waals surface area contributed by atoms with Crippen LogP contribution in [0.15, 0.2) is 53.4 Å². The molecule has 0 aliphatic rings. The maximum Gasteiger partial charge on any atom is 0.225 e. The van der Waals surface area contributed by atoms with Crippen molar-refractivity contribution < 1.29 is 18.0 Å². The van der Waals surface area contributed by atoms with Crippen molar-refractivity contribution >= 4 is 38.7 Å². The Balaban J connectivity index is 1.93. The summed E-state index contributed by atoms with van der Waals surface area (Å²) < 4.78 is 24.7. The van der Waals surface area contributed by atoms with E-state index in [4.69, 9.17) is 0 Å². The number of carbonyl (C=O) groups is 2. The lowest BCUT2D eigenvalue weighted by molar-refractivity contribution is -0.116. The molecule has 2 amide bonds. The van der Waals surface area contributed by atoms with Crippen LogP contribution in [0.1, 0.15) is 13.3 Å². The first kappa shape index (κ1) is 20.4. The Morgan fingerprint density at radius 3 is 1.93 bits per heavy atom. The smallest absolute Gasteiger partial charge is 0.225 e. The summed E-state index contributed by atoms with van der Waals surface area (Å²) in [6.45, 7) is 1.37. The van der Waals surface area contributed by atoms with Gasteiger partial charge in [-0.2, -0.15) is 0 Å². The van der Waals surface area contributed by atoms with E-state index in [1.807, 2.05) is 31.1 Å². The molecular weight excluding hydrogens is 366 g/mol. The number of nitrogens with zero attached hydrogens (tertiary/aromatic N) is 1. The summed E-state index contributed by atoms with van der Waals surface area (Å²) in [4.78, 5) is 25.1. The molecule has 8 heteroatoms. The van der Waals surface area contributed by atoms with E-state index < -0.39 is 9.84 Å². The van der Waals surface area contributed by atoms with Crippen LogP contribution in [0.5, 0.6) is 0 Å². The summed E-state index contributed by atoms with van der Waals surface area (Å²) in [6, 6.07) is 13.1. The third-order valence-corrected chi connectivity index (χ3v) is 5.53. The van der Waals surface area contributed by atoms with Crippen molar-refractivity contribution in [3.05, 3.63) is 48.5 Å². The summed E-state index contributed by atoms with van der Waals surface area (Å²) >= 11 is 0. The zero-order valence-corrected chi connectivity index (χ0v) is 16.3. The average molecular weight is 389 g/mol. The highest BCUT2D eigenvalue weighted by atomic mass is 32.2. The highest BCUT2D eigenvalue weighted by Crippen LogP contribution is 2.18. The molecule has 2 aromatic rings. The summed E-state index contributed by atoms with van der Waals surface area (Å²) in [7, 11) is 0.245. The van der Waals surface area contributed by atoms with Gasteiger partial charge in [0.1, 0.15) is 0 Å². The molecule has 2 N–H and O–H groups in total. The van der Waals surface area contributed by atoms with Gasteiger partial charge in [0.15, 0.2) is 9.84 Å². The highest BCUT2D eigenvalue weighted by Gasteiger charge is 2.16. The van der Waals surface area contributed by atoms with Gasteiger partial charge >= 0.3 is 0 Å². The summed E-state index contributed by atoms with van der Waals surface area (Å²) in [5.41, 5.74) is 2.13. The van der Waals surface area contributed by atoms with Gasteiger partial charge < -0.3 is 15.5 Å². The minimum atomic E-state index is -3.59. The van der Waals surface area contributed by atoms with E-state index in [1.54, 1.807) is 12.1 Å². The Labute approximate surface area is 159 Å². The lowest BCUT2D eigenvalue weighted by Gasteiger charge is -2.13. The van der Waals surface area contributed by atoms with Crippen LogP contribution in [-0.2, 0) is 19.4 Å². The van der Waals surface area contributed by atoms with Crippen molar-refractivity contribution in [3.63, 3.8) is 0 Å². The van der Waals surface area contributed by atoms with Gasteiger partial charge in [-0.05, 0) is 48.5 Å². The molecular formula is C19H23N3O4S. The van der Waals surface area contributed by atoms with Crippen LogP contribution < -0.4 is 15.5 Å². The zero-order chi connectivity index (χ0) is 20.0. The van der Waals surface area contributed by atoms with Crippen molar-refractivity contribution in [3.8, 4) is 0 Å². The van der Waals surface area contributed by atoms with E-state index >= 15 is 0 Å². The van der Waals surface area contributed by atoms with Gasteiger partial charge in [0.2, 0.25) is 11.8 Å². The van der Waals surface area contributed by atoms with Crippen molar-refractivity contribution in [2.24, 2.45) is 0 Å². The summed E-state index contributed by atoms with van der Waals surface area (Å²) in [5.74, 6) is -0.902. The van der Waals surface area contributed by atoms with Gasteiger partial charge in [-0.15, -0.1) is 0 Å². The summed E-state index contributed by atoms with van der Waals surface area (Å²) in [5, 5.41) is 5.26. The molecule has 0 saturated carbocycles. The third kappa shape index (κ3) is 6.10. The molecule has 2 rings (SSSR count). The fourth-order valence-electron chi connectivity index (χ4n) is 2.36. The predicted molar refractivity (Wildman–Crippen MR) is 107 cm³/mol. The van der Waals surface area contributed by atoms with Crippen molar-refractivity contribution in [2.75, 3.05) is 35.4 Å². The number of nitrogens with one attached hydrogen (secondary N) is 2. The fraction of sp³-hybridized carbons (Fsp3) is 0.263. The molecule has 0 bridgehead atoms. The molecule has 0 heterocycles.